The molecule has 17 heavy (non-hydrogen) atoms. The van der Waals surface area contributed by atoms with E-state index >= 15 is 0 Å². The molecular formula is C14H24N2O. The van der Waals surface area contributed by atoms with E-state index in [0.29, 0.717) is 13.1 Å². The SMILES string of the molecule is Cc1ccc(CCNCC(O)CN)c(C)c1C. The number of aliphatic hydroxyl groups is 1. The van der Waals surface area contributed by atoms with Crippen molar-refractivity contribution in [3.8, 4) is 0 Å². The molecule has 0 fully saturated rings. The van der Waals surface area contributed by atoms with Gasteiger partial charge in [-0.15, -0.1) is 0 Å². The van der Waals surface area contributed by atoms with Gasteiger partial charge in [-0.3, -0.25) is 0 Å². The van der Waals surface area contributed by atoms with E-state index in [1.165, 1.54) is 22.3 Å². The Morgan fingerprint density at radius 3 is 2.59 bits per heavy atom. The molecule has 0 spiro atoms. The number of benzene rings is 1. The van der Waals surface area contributed by atoms with Crippen LogP contribution in [0.3, 0.4) is 0 Å². The Kier molecular flexibility index (Phi) is 5.62. The van der Waals surface area contributed by atoms with Gasteiger partial charge in [-0.1, -0.05) is 12.1 Å². The van der Waals surface area contributed by atoms with Gasteiger partial charge in [-0.05, 0) is 56.0 Å². The average molecular weight is 236 g/mol. The molecule has 1 atom stereocenters. The Bertz CT molecular complexity index is 363. The van der Waals surface area contributed by atoms with Gasteiger partial charge >= 0.3 is 0 Å². The zero-order valence-electron chi connectivity index (χ0n) is 11.1. The number of rotatable bonds is 6. The molecule has 3 heteroatoms. The molecule has 96 valence electrons. The first-order chi connectivity index (χ1) is 8.06. The summed E-state index contributed by atoms with van der Waals surface area (Å²) in [6.07, 6.45) is 0.556. The van der Waals surface area contributed by atoms with Crippen LogP contribution in [0.25, 0.3) is 0 Å². The third kappa shape index (κ3) is 4.11. The highest BCUT2D eigenvalue weighted by atomic mass is 16.3. The molecule has 0 aliphatic heterocycles. The van der Waals surface area contributed by atoms with Gasteiger partial charge in [0.25, 0.3) is 0 Å². The van der Waals surface area contributed by atoms with Crippen LogP contribution in [0.15, 0.2) is 12.1 Å². The van der Waals surface area contributed by atoms with E-state index in [1.807, 2.05) is 0 Å². The highest BCUT2D eigenvalue weighted by Gasteiger charge is 2.04. The molecule has 0 heterocycles. The predicted octanol–water partition coefficient (Wildman–Crippen LogP) is 1.06. The van der Waals surface area contributed by atoms with E-state index < -0.39 is 6.10 Å². The van der Waals surface area contributed by atoms with Crippen LogP contribution in [0.4, 0.5) is 0 Å². The second kappa shape index (κ2) is 6.74. The van der Waals surface area contributed by atoms with Crippen molar-refractivity contribution >= 4 is 0 Å². The van der Waals surface area contributed by atoms with Gasteiger partial charge in [0, 0.05) is 13.1 Å². The quantitative estimate of drug-likeness (QED) is 0.647. The van der Waals surface area contributed by atoms with Gasteiger partial charge in [-0.25, -0.2) is 0 Å². The molecule has 0 radical (unpaired) electrons. The lowest BCUT2D eigenvalue weighted by atomic mass is 9.97. The Hall–Kier alpha value is -0.900. The fraction of sp³-hybridized carbons (Fsp3) is 0.571. The molecule has 0 amide bonds. The van der Waals surface area contributed by atoms with E-state index in [-0.39, 0.29) is 0 Å². The molecule has 1 aromatic rings. The summed E-state index contributed by atoms with van der Waals surface area (Å²) in [5.74, 6) is 0. The number of hydrogen-bond donors (Lipinski definition) is 3. The summed E-state index contributed by atoms with van der Waals surface area (Å²) in [7, 11) is 0. The lowest BCUT2D eigenvalue weighted by Gasteiger charge is -2.13. The average Bonchev–Trinajstić information content (AvgIpc) is 2.33. The first-order valence-corrected chi connectivity index (χ1v) is 6.20. The Morgan fingerprint density at radius 2 is 1.94 bits per heavy atom. The summed E-state index contributed by atoms with van der Waals surface area (Å²) in [6, 6.07) is 4.37. The summed E-state index contributed by atoms with van der Waals surface area (Å²) in [4.78, 5) is 0. The zero-order valence-corrected chi connectivity index (χ0v) is 11.1. The lowest BCUT2D eigenvalue weighted by Crippen LogP contribution is -2.33. The molecule has 0 aliphatic carbocycles. The van der Waals surface area contributed by atoms with Crippen molar-refractivity contribution in [2.75, 3.05) is 19.6 Å². The number of hydrogen-bond acceptors (Lipinski definition) is 3. The van der Waals surface area contributed by atoms with Gasteiger partial charge in [-0.2, -0.15) is 0 Å². The second-order valence-electron chi connectivity index (χ2n) is 4.64. The van der Waals surface area contributed by atoms with Gasteiger partial charge in [0.2, 0.25) is 0 Å². The lowest BCUT2D eigenvalue weighted by molar-refractivity contribution is 0.180. The van der Waals surface area contributed by atoms with E-state index in [2.05, 4.69) is 38.2 Å². The van der Waals surface area contributed by atoms with Gasteiger partial charge in [0.15, 0.2) is 0 Å². The monoisotopic (exact) mass is 236 g/mol. The Balaban J connectivity index is 2.45. The molecule has 3 nitrogen and oxygen atoms in total. The highest BCUT2D eigenvalue weighted by Crippen LogP contribution is 2.17. The summed E-state index contributed by atoms with van der Waals surface area (Å²) >= 11 is 0. The standard InChI is InChI=1S/C14H24N2O/c1-10-4-5-13(12(3)11(10)2)6-7-16-9-14(17)8-15/h4-5,14,16-17H,6-9,15H2,1-3H3. The van der Waals surface area contributed by atoms with Gasteiger partial charge < -0.3 is 16.2 Å². The summed E-state index contributed by atoms with van der Waals surface area (Å²) in [5.41, 5.74) is 10.8. The smallest absolute Gasteiger partial charge is 0.0786 e. The molecule has 1 rings (SSSR count). The second-order valence-corrected chi connectivity index (χ2v) is 4.64. The minimum absolute atomic E-state index is 0.315. The van der Waals surface area contributed by atoms with Crippen molar-refractivity contribution in [1.29, 1.82) is 0 Å². The Labute approximate surface area is 104 Å². The molecule has 0 saturated carbocycles. The van der Waals surface area contributed by atoms with Crippen LogP contribution >= 0.6 is 0 Å². The Morgan fingerprint density at radius 1 is 1.24 bits per heavy atom. The van der Waals surface area contributed by atoms with Crippen LogP contribution < -0.4 is 11.1 Å². The van der Waals surface area contributed by atoms with Crippen molar-refractivity contribution < 1.29 is 5.11 Å². The van der Waals surface area contributed by atoms with Gasteiger partial charge in [0.1, 0.15) is 0 Å². The maximum absolute atomic E-state index is 9.30. The van der Waals surface area contributed by atoms with Crippen LogP contribution in [0.2, 0.25) is 0 Å². The van der Waals surface area contributed by atoms with Crippen LogP contribution in [-0.2, 0) is 6.42 Å². The van der Waals surface area contributed by atoms with Crippen molar-refractivity contribution in [2.24, 2.45) is 5.73 Å². The van der Waals surface area contributed by atoms with Crippen molar-refractivity contribution in [3.63, 3.8) is 0 Å². The normalized spacial score (nSPS) is 12.8. The topological polar surface area (TPSA) is 58.3 Å². The number of nitrogens with two attached hydrogens (primary N) is 1. The van der Waals surface area contributed by atoms with Crippen LogP contribution in [0.5, 0.6) is 0 Å². The van der Waals surface area contributed by atoms with Crippen molar-refractivity contribution in [1.82, 2.24) is 5.32 Å². The van der Waals surface area contributed by atoms with Gasteiger partial charge in [0.05, 0.1) is 6.10 Å². The summed E-state index contributed by atoms with van der Waals surface area (Å²) in [6.45, 7) is 8.24. The maximum Gasteiger partial charge on any atom is 0.0786 e. The molecule has 1 unspecified atom stereocenters. The fourth-order valence-electron chi connectivity index (χ4n) is 1.86. The summed E-state index contributed by atoms with van der Waals surface area (Å²) in [5, 5.41) is 12.5. The number of aryl methyl sites for hydroxylation is 1. The molecule has 4 N–H and O–H groups in total. The van der Waals surface area contributed by atoms with Crippen molar-refractivity contribution in [3.05, 3.63) is 34.4 Å². The highest BCUT2D eigenvalue weighted by molar-refractivity contribution is 5.38. The fourth-order valence-corrected chi connectivity index (χ4v) is 1.86. The molecule has 0 bridgehead atoms. The molecular weight excluding hydrogens is 212 g/mol. The predicted molar refractivity (Wildman–Crippen MR) is 72.3 cm³/mol. The maximum atomic E-state index is 9.30. The van der Waals surface area contributed by atoms with Crippen LogP contribution in [-0.4, -0.2) is 30.8 Å². The summed E-state index contributed by atoms with van der Waals surface area (Å²) < 4.78 is 0. The van der Waals surface area contributed by atoms with E-state index in [9.17, 15) is 5.11 Å². The number of nitrogens with one attached hydrogen (secondary N) is 1. The van der Waals surface area contributed by atoms with Crippen LogP contribution in [0.1, 0.15) is 22.3 Å². The van der Waals surface area contributed by atoms with E-state index in [1.54, 1.807) is 0 Å². The molecule has 0 saturated heterocycles. The molecule has 0 aliphatic rings. The number of aliphatic hydroxyl groups excluding tert-OH is 1. The third-order valence-corrected chi connectivity index (χ3v) is 3.39. The van der Waals surface area contributed by atoms with Crippen LogP contribution in [0, 0.1) is 20.8 Å². The van der Waals surface area contributed by atoms with E-state index in [4.69, 9.17) is 5.73 Å². The third-order valence-electron chi connectivity index (χ3n) is 3.39. The minimum Gasteiger partial charge on any atom is -0.390 e. The molecule has 1 aromatic carbocycles. The first kappa shape index (κ1) is 14.2. The molecule has 0 aromatic heterocycles. The van der Waals surface area contributed by atoms with E-state index in [0.717, 1.165) is 13.0 Å². The first-order valence-electron chi connectivity index (χ1n) is 6.20. The zero-order chi connectivity index (χ0) is 12.8. The minimum atomic E-state index is -0.434. The largest absolute Gasteiger partial charge is 0.390 e. The van der Waals surface area contributed by atoms with Crippen molar-refractivity contribution in [2.45, 2.75) is 33.3 Å².